The highest BCUT2D eigenvalue weighted by Crippen LogP contribution is 2.20. The van der Waals surface area contributed by atoms with Gasteiger partial charge in [-0.3, -0.25) is 0 Å². The van der Waals surface area contributed by atoms with Crippen LogP contribution >= 0.6 is 15.9 Å². The molecule has 0 aromatic heterocycles. The summed E-state index contributed by atoms with van der Waals surface area (Å²) in [6.07, 6.45) is 0.995. The first-order valence-electron chi connectivity index (χ1n) is 4.83. The number of carboxylic acids is 1. The SMILES string of the molecule is CCC(C)Nc1cc(Br)cc(C(=O)O)c1. The lowest BCUT2D eigenvalue weighted by molar-refractivity contribution is 0.0697. The summed E-state index contributed by atoms with van der Waals surface area (Å²) in [6, 6.07) is 5.43. The van der Waals surface area contributed by atoms with Gasteiger partial charge in [0, 0.05) is 16.2 Å². The normalized spacial score (nSPS) is 12.2. The van der Waals surface area contributed by atoms with Crippen LogP contribution in [0.3, 0.4) is 0 Å². The van der Waals surface area contributed by atoms with Gasteiger partial charge < -0.3 is 10.4 Å². The number of aromatic carboxylic acids is 1. The average Bonchev–Trinajstić information content (AvgIpc) is 2.16. The molecule has 0 heterocycles. The Labute approximate surface area is 97.6 Å². The minimum Gasteiger partial charge on any atom is -0.478 e. The van der Waals surface area contributed by atoms with E-state index in [1.165, 1.54) is 0 Å². The first kappa shape index (κ1) is 12.0. The highest BCUT2D eigenvalue weighted by Gasteiger charge is 2.07. The Kier molecular flexibility index (Phi) is 4.15. The largest absolute Gasteiger partial charge is 0.478 e. The number of nitrogens with one attached hydrogen (secondary N) is 1. The molecule has 0 saturated carbocycles. The second kappa shape index (κ2) is 5.16. The van der Waals surface area contributed by atoms with Gasteiger partial charge in [0.25, 0.3) is 0 Å². The fourth-order valence-electron chi connectivity index (χ4n) is 1.18. The molecule has 0 spiro atoms. The zero-order valence-corrected chi connectivity index (χ0v) is 10.3. The zero-order chi connectivity index (χ0) is 11.4. The Hall–Kier alpha value is -1.03. The minimum atomic E-state index is -0.913. The Balaban J connectivity index is 2.93. The molecule has 0 fully saturated rings. The van der Waals surface area contributed by atoms with Gasteiger partial charge in [0.2, 0.25) is 0 Å². The maximum absolute atomic E-state index is 10.8. The second-order valence-corrected chi connectivity index (χ2v) is 4.40. The van der Waals surface area contributed by atoms with Crippen LogP contribution in [0.5, 0.6) is 0 Å². The second-order valence-electron chi connectivity index (χ2n) is 3.49. The van der Waals surface area contributed by atoms with Gasteiger partial charge in [0.1, 0.15) is 0 Å². The number of halogens is 1. The van der Waals surface area contributed by atoms with E-state index in [1.54, 1.807) is 12.1 Å². The van der Waals surface area contributed by atoms with E-state index in [-0.39, 0.29) is 5.56 Å². The molecule has 0 saturated heterocycles. The summed E-state index contributed by atoms with van der Waals surface area (Å²) >= 11 is 3.29. The number of benzene rings is 1. The summed E-state index contributed by atoms with van der Waals surface area (Å²) < 4.78 is 0.771. The first-order chi connectivity index (χ1) is 7.02. The van der Waals surface area contributed by atoms with Crippen LogP contribution in [0.4, 0.5) is 5.69 Å². The van der Waals surface area contributed by atoms with Crippen LogP contribution in [0, 0.1) is 0 Å². The van der Waals surface area contributed by atoms with Gasteiger partial charge >= 0.3 is 5.97 Å². The molecule has 82 valence electrons. The van der Waals surface area contributed by atoms with E-state index < -0.39 is 5.97 Å². The molecule has 3 nitrogen and oxygen atoms in total. The third-order valence-corrected chi connectivity index (χ3v) is 2.63. The van der Waals surface area contributed by atoms with Crippen molar-refractivity contribution in [3.63, 3.8) is 0 Å². The lowest BCUT2D eigenvalue weighted by Gasteiger charge is -2.13. The van der Waals surface area contributed by atoms with Crippen molar-refractivity contribution in [2.24, 2.45) is 0 Å². The summed E-state index contributed by atoms with van der Waals surface area (Å²) in [5.41, 5.74) is 1.12. The monoisotopic (exact) mass is 271 g/mol. The standard InChI is InChI=1S/C11H14BrNO2/c1-3-7(2)13-10-5-8(11(14)15)4-9(12)6-10/h4-7,13H,3H2,1-2H3,(H,14,15). The highest BCUT2D eigenvalue weighted by molar-refractivity contribution is 9.10. The van der Waals surface area contributed by atoms with E-state index in [4.69, 9.17) is 5.11 Å². The quantitative estimate of drug-likeness (QED) is 0.883. The fraction of sp³-hybridized carbons (Fsp3) is 0.364. The van der Waals surface area contributed by atoms with Crippen molar-refractivity contribution < 1.29 is 9.90 Å². The minimum absolute atomic E-state index is 0.287. The Morgan fingerprint density at radius 2 is 2.20 bits per heavy atom. The lowest BCUT2D eigenvalue weighted by Crippen LogP contribution is -2.13. The zero-order valence-electron chi connectivity index (χ0n) is 8.75. The van der Waals surface area contributed by atoms with Gasteiger partial charge in [-0.1, -0.05) is 22.9 Å². The maximum Gasteiger partial charge on any atom is 0.335 e. The van der Waals surface area contributed by atoms with Gasteiger partial charge in [0.05, 0.1) is 5.56 Å². The lowest BCUT2D eigenvalue weighted by atomic mass is 10.2. The predicted molar refractivity (Wildman–Crippen MR) is 64.5 cm³/mol. The van der Waals surface area contributed by atoms with E-state index in [1.807, 2.05) is 6.07 Å². The molecular formula is C11H14BrNO2. The Morgan fingerprint density at radius 3 is 2.73 bits per heavy atom. The van der Waals surface area contributed by atoms with E-state index in [2.05, 4.69) is 35.1 Å². The smallest absolute Gasteiger partial charge is 0.335 e. The predicted octanol–water partition coefficient (Wildman–Crippen LogP) is 3.36. The summed E-state index contributed by atoms with van der Waals surface area (Å²) in [6.45, 7) is 4.13. The molecule has 1 aromatic rings. The van der Waals surface area contributed by atoms with Gasteiger partial charge in [-0.25, -0.2) is 4.79 Å². The molecular weight excluding hydrogens is 258 g/mol. The molecule has 0 radical (unpaired) electrons. The third kappa shape index (κ3) is 3.55. The van der Waals surface area contributed by atoms with Crippen molar-refractivity contribution in [2.45, 2.75) is 26.3 Å². The van der Waals surface area contributed by atoms with Crippen molar-refractivity contribution in [2.75, 3.05) is 5.32 Å². The molecule has 1 aromatic carbocycles. The van der Waals surface area contributed by atoms with Crippen molar-refractivity contribution >= 4 is 27.6 Å². The molecule has 0 amide bonds. The van der Waals surface area contributed by atoms with E-state index in [0.29, 0.717) is 6.04 Å². The van der Waals surface area contributed by atoms with E-state index >= 15 is 0 Å². The number of carbonyl (C=O) groups is 1. The van der Waals surface area contributed by atoms with Crippen LogP contribution in [-0.4, -0.2) is 17.1 Å². The van der Waals surface area contributed by atoms with Crippen molar-refractivity contribution in [3.05, 3.63) is 28.2 Å². The highest BCUT2D eigenvalue weighted by atomic mass is 79.9. The number of hydrogen-bond donors (Lipinski definition) is 2. The molecule has 1 rings (SSSR count). The summed E-state index contributed by atoms with van der Waals surface area (Å²) in [7, 11) is 0. The number of anilines is 1. The van der Waals surface area contributed by atoms with Crippen LogP contribution in [0.25, 0.3) is 0 Å². The Bertz CT molecular complexity index is 366. The number of rotatable bonds is 4. The number of hydrogen-bond acceptors (Lipinski definition) is 2. The molecule has 4 heteroatoms. The van der Waals surface area contributed by atoms with E-state index in [9.17, 15) is 4.79 Å². The fourth-order valence-corrected chi connectivity index (χ4v) is 1.68. The molecule has 1 atom stereocenters. The van der Waals surface area contributed by atoms with Gasteiger partial charge in [-0.2, -0.15) is 0 Å². The molecule has 0 bridgehead atoms. The van der Waals surface area contributed by atoms with Gasteiger partial charge in [-0.05, 0) is 31.5 Å². The van der Waals surface area contributed by atoms with Crippen LogP contribution in [0.15, 0.2) is 22.7 Å². The van der Waals surface area contributed by atoms with Crippen LogP contribution < -0.4 is 5.32 Å². The summed E-state index contributed by atoms with van der Waals surface area (Å²) in [5, 5.41) is 12.1. The average molecular weight is 272 g/mol. The van der Waals surface area contributed by atoms with Gasteiger partial charge in [0.15, 0.2) is 0 Å². The topological polar surface area (TPSA) is 49.3 Å². The third-order valence-electron chi connectivity index (χ3n) is 2.17. The molecule has 2 N–H and O–H groups in total. The molecule has 0 aliphatic heterocycles. The van der Waals surface area contributed by atoms with Gasteiger partial charge in [-0.15, -0.1) is 0 Å². The maximum atomic E-state index is 10.8. The molecule has 0 aliphatic rings. The molecule has 15 heavy (non-hydrogen) atoms. The first-order valence-corrected chi connectivity index (χ1v) is 5.62. The summed E-state index contributed by atoms with van der Waals surface area (Å²) in [4.78, 5) is 10.8. The van der Waals surface area contributed by atoms with Crippen molar-refractivity contribution in [1.29, 1.82) is 0 Å². The Morgan fingerprint density at radius 1 is 1.53 bits per heavy atom. The molecule has 1 unspecified atom stereocenters. The van der Waals surface area contributed by atoms with Crippen molar-refractivity contribution in [3.8, 4) is 0 Å². The number of carboxylic acid groups (broad SMARTS) is 1. The van der Waals surface area contributed by atoms with Crippen LogP contribution in [-0.2, 0) is 0 Å². The van der Waals surface area contributed by atoms with E-state index in [0.717, 1.165) is 16.6 Å². The van der Waals surface area contributed by atoms with Crippen LogP contribution in [0.2, 0.25) is 0 Å². The van der Waals surface area contributed by atoms with Crippen molar-refractivity contribution in [1.82, 2.24) is 0 Å². The summed E-state index contributed by atoms with van der Waals surface area (Å²) in [5.74, 6) is -0.913. The van der Waals surface area contributed by atoms with Crippen LogP contribution in [0.1, 0.15) is 30.6 Å². The molecule has 0 aliphatic carbocycles.